The van der Waals surface area contributed by atoms with Gasteiger partial charge in [0, 0.05) is 12.0 Å². The van der Waals surface area contributed by atoms with E-state index in [1.54, 1.807) is 0 Å². The van der Waals surface area contributed by atoms with Crippen molar-refractivity contribution in [1.29, 1.82) is 0 Å². The van der Waals surface area contributed by atoms with Gasteiger partial charge in [0.05, 0.1) is 0 Å². The summed E-state index contributed by atoms with van der Waals surface area (Å²) in [6.45, 7) is 20.2. The Kier molecular flexibility index (Phi) is 22.5. The Bertz CT molecular complexity index is 983. The van der Waals surface area contributed by atoms with Crippen LogP contribution in [0.25, 0.3) is 0 Å². The van der Waals surface area contributed by atoms with Gasteiger partial charge in [-0.3, -0.25) is 4.79 Å². The van der Waals surface area contributed by atoms with Crippen molar-refractivity contribution in [3.63, 3.8) is 0 Å². The highest BCUT2D eigenvalue weighted by molar-refractivity contribution is 5.66. The van der Waals surface area contributed by atoms with Crippen LogP contribution >= 0.6 is 0 Å². The largest absolute Gasteiger partial charge is 0.507 e. The van der Waals surface area contributed by atoms with Crippen molar-refractivity contribution in [2.45, 2.75) is 216 Å². The number of hydrogen-bond donors (Lipinski definition) is 2. The molecular weight excluding hydrogens is 580 g/mol. The van der Waals surface area contributed by atoms with Gasteiger partial charge in [0.1, 0.15) is 17.1 Å². The SMILES string of the molecule is CCCCCCCCCCCCCC(=O)O.Cc1c(C)c2c(c(C)c1O)CC[C@@](C)(CCC[C@H](C)CCC[C@H](C)CCCC(C)C)O2. The van der Waals surface area contributed by atoms with Crippen molar-refractivity contribution in [3.05, 3.63) is 22.3 Å². The zero-order valence-corrected chi connectivity index (χ0v) is 32.7. The predicted octanol–water partition coefficient (Wildman–Crippen LogP) is 13.6. The van der Waals surface area contributed by atoms with Gasteiger partial charge in [0.25, 0.3) is 0 Å². The second kappa shape index (κ2) is 24.4. The number of carboxylic acids is 1. The van der Waals surface area contributed by atoms with Crippen LogP contribution in [-0.4, -0.2) is 21.8 Å². The molecule has 2 rings (SSSR count). The maximum atomic E-state index is 10.4. The second-order valence-corrected chi connectivity index (χ2v) is 16.1. The van der Waals surface area contributed by atoms with E-state index < -0.39 is 5.97 Å². The third kappa shape index (κ3) is 18.6. The molecule has 0 spiro atoms. The van der Waals surface area contributed by atoms with Gasteiger partial charge in [0.15, 0.2) is 0 Å². The van der Waals surface area contributed by atoms with E-state index in [2.05, 4.69) is 48.5 Å². The quantitative estimate of drug-likeness (QED) is 0.108. The molecule has 0 unspecified atom stereocenters. The van der Waals surface area contributed by atoms with Crippen LogP contribution in [0.15, 0.2) is 0 Å². The van der Waals surface area contributed by atoms with Crippen molar-refractivity contribution in [2.24, 2.45) is 17.8 Å². The van der Waals surface area contributed by atoms with Crippen molar-refractivity contribution < 1.29 is 19.7 Å². The van der Waals surface area contributed by atoms with Crippen LogP contribution in [0.1, 0.15) is 205 Å². The smallest absolute Gasteiger partial charge is 0.303 e. The highest BCUT2D eigenvalue weighted by Crippen LogP contribution is 2.44. The topological polar surface area (TPSA) is 66.8 Å². The summed E-state index contributed by atoms with van der Waals surface area (Å²) in [7, 11) is 0. The fourth-order valence-corrected chi connectivity index (χ4v) is 7.21. The van der Waals surface area contributed by atoms with Crippen LogP contribution in [-0.2, 0) is 11.2 Å². The molecular formula is C43H78O4. The number of hydrogen-bond acceptors (Lipinski definition) is 3. The molecule has 274 valence electrons. The molecule has 3 atom stereocenters. The maximum Gasteiger partial charge on any atom is 0.303 e. The average Bonchev–Trinajstić information content (AvgIpc) is 3.01. The number of carbonyl (C=O) groups is 1. The summed E-state index contributed by atoms with van der Waals surface area (Å²) in [5.74, 6) is 3.38. The fourth-order valence-electron chi connectivity index (χ4n) is 7.21. The Morgan fingerprint density at radius 2 is 1.19 bits per heavy atom. The first-order chi connectivity index (χ1) is 22.3. The molecule has 0 saturated carbocycles. The van der Waals surface area contributed by atoms with E-state index in [9.17, 15) is 9.90 Å². The summed E-state index contributed by atoms with van der Waals surface area (Å²) in [6.07, 6.45) is 28.4. The van der Waals surface area contributed by atoms with E-state index in [4.69, 9.17) is 9.84 Å². The van der Waals surface area contributed by atoms with E-state index in [1.807, 2.05) is 13.8 Å². The van der Waals surface area contributed by atoms with Gasteiger partial charge >= 0.3 is 5.97 Å². The molecule has 47 heavy (non-hydrogen) atoms. The Morgan fingerprint density at radius 3 is 1.70 bits per heavy atom. The molecule has 4 nitrogen and oxygen atoms in total. The van der Waals surface area contributed by atoms with E-state index in [1.165, 1.54) is 115 Å². The highest BCUT2D eigenvalue weighted by atomic mass is 16.5. The summed E-state index contributed by atoms with van der Waals surface area (Å²) in [6, 6.07) is 0. The normalized spacial score (nSPS) is 17.1. The summed E-state index contributed by atoms with van der Waals surface area (Å²) >= 11 is 0. The third-order valence-corrected chi connectivity index (χ3v) is 10.9. The summed E-state index contributed by atoms with van der Waals surface area (Å²) in [5.41, 5.74) is 4.23. The minimum atomic E-state index is -0.657. The first-order valence-corrected chi connectivity index (χ1v) is 20.0. The van der Waals surface area contributed by atoms with Gasteiger partial charge in [-0.05, 0) is 94.2 Å². The molecule has 0 radical (unpaired) electrons. The number of ether oxygens (including phenoxy) is 1. The number of fused-ring (bicyclic) bond motifs is 1. The third-order valence-electron chi connectivity index (χ3n) is 10.9. The molecule has 1 aromatic rings. The number of carboxylic acid groups (broad SMARTS) is 1. The van der Waals surface area contributed by atoms with Crippen LogP contribution in [0.2, 0.25) is 0 Å². The monoisotopic (exact) mass is 659 g/mol. The van der Waals surface area contributed by atoms with Gasteiger partial charge in [-0.2, -0.15) is 0 Å². The van der Waals surface area contributed by atoms with Gasteiger partial charge in [-0.25, -0.2) is 0 Å². The Hall–Kier alpha value is -1.71. The summed E-state index contributed by atoms with van der Waals surface area (Å²) in [5, 5.41) is 18.8. The fraction of sp³-hybridized carbons (Fsp3) is 0.837. The molecule has 0 aliphatic carbocycles. The standard InChI is InChI=1S/C29H50O2.C14H28O2/c1-20(2)12-9-13-21(3)14-10-15-22(4)16-11-18-29(8)19-17-26-25(7)27(30)23(5)24(6)28(26)31-29;1-2-3-4-5-6-7-8-9-10-11-12-13-14(15)16/h20-22,30H,9-19H2,1-8H3;2-13H2,1H3,(H,15,16)/t21-,22-,29-;/m1./s1. The number of unbranched alkanes of at least 4 members (excludes halogenated alkanes) is 10. The number of aliphatic carboxylic acids is 1. The van der Waals surface area contributed by atoms with E-state index in [0.717, 1.165) is 72.3 Å². The van der Waals surface area contributed by atoms with Crippen LogP contribution in [0.5, 0.6) is 11.5 Å². The van der Waals surface area contributed by atoms with Gasteiger partial charge in [-0.15, -0.1) is 0 Å². The molecule has 0 saturated heterocycles. The van der Waals surface area contributed by atoms with E-state index in [0.29, 0.717) is 12.2 Å². The maximum absolute atomic E-state index is 10.4. The van der Waals surface area contributed by atoms with Crippen molar-refractivity contribution in [3.8, 4) is 11.5 Å². The zero-order chi connectivity index (χ0) is 35.2. The minimum Gasteiger partial charge on any atom is -0.507 e. The number of benzene rings is 1. The first-order valence-electron chi connectivity index (χ1n) is 20.0. The number of rotatable bonds is 24. The van der Waals surface area contributed by atoms with Gasteiger partial charge in [0.2, 0.25) is 0 Å². The molecule has 1 heterocycles. The van der Waals surface area contributed by atoms with E-state index >= 15 is 0 Å². The number of phenols is 1. The number of aromatic hydroxyl groups is 1. The van der Waals surface area contributed by atoms with Crippen molar-refractivity contribution >= 4 is 5.97 Å². The Morgan fingerprint density at radius 1 is 0.702 bits per heavy atom. The summed E-state index contributed by atoms with van der Waals surface area (Å²) in [4.78, 5) is 10.3. The lowest BCUT2D eigenvalue weighted by molar-refractivity contribution is -0.137. The van der Waals surface area contributed by atoms with Gasteiger partial charge < -0.3 is 14.9 Å². The van der Waals surface area contributed by atoms with Crippen LogP contribution in [0.3, 0.4) is 0 Å². The summed E-state index contributed by atoms with van der Waals surface area (Å²) < 4.78 is 6.60. The molecule has 0 bridgehead atoms. The molecule has 2 N–H and O–H groups in total. The van der Waals surface area contributed by atoms with Crippen molar-refractivity contribution in [2.75, 3.05) is 0 Å². The molecule has 4 heteroatoms. The number of phenolic OH excluding ortho intramolecular Hbond substituents is 1. The Balaban J connectivity index is 0.000000584. The van der Waals surface area contributed by atoms with Crippen LogP contribution in [0.4, 0.5) is 0 Å². The molecule has 1 aromatic carbocycles. The second-order valence-electron chi connectivity index (χ2n) is 16.1. The minimum absolute atomic E-state index is 0.0712. The molecule has 0 fully saturated rings. The van der Waals surface area contributed by atoms with Crippen LogP contribution in [0, 0.1) is 38.5 Å². The highest BCUT2D eigenvalue weighted by Gasteiger charge is 2.34. The predicted molar refractivity (Wildman–Crippen MR) is 203 cm³/mol. The molecule has 1 aliphatic rings. The molecule has 0 amide bonds. The molecule has 1 aliphatic heterocycles. The first kappa shape index (κ1) is 43.3. The lowest BCUT2D eigenvalue weighted by atomic mass is 9.84. The lowest BCUT2D eigenvalue weighted by Crippen LogP contribution is -2.37. The zero-order valence-electron chi connectivity index (χ0n) is 32.7. The average molecular weight is 659 g/mol. The van der Waals surface area contributed by atoms with Gasteiger partial charge in [-0.1, -0.05) is 144 Å². The van der Waals surface area contributed by atoms with Crippen molar-refractivity contribution in [1.82, 2.24) is 0 Å². The van der Waals surface area contributed by atoms with E-state index in [-0.39, 0.29) is 5.60 Å². The van der Waals surface area contributed by atoms with Crippen LogP contribution < -0.4 is 4.74 Å². The molecule has 0 aromatic heterocycles. The Labute approximate surface area is 292 Å². The lowest BCUT2D eigenvalue weighted by Gasteiger charge is -2.38.